The quantitative estimate of drug-likeness (QED) is 0.567. The second-order valence-electron chi connectivity index (χ2n) is 8.20. The van der Waals surface area contributed by atoms with Crippen molar-refractivity contribution in [2.24, 2.45) is 0 Å². The van der Waals surface area contributed by atoms with Crippen LogP contribution >= 0.6 is 0 Å². The third-order valence-corrected chi connectivity index (χ3v) is 5.95. The fraction of sp³-hybridized carbons (Fsp3) is 0.360. The lowest BCUT2D eigenvalue weighted by Crippen LogP contribution is -2.47. The fourth-order valence-electron chi connectivity index (χ4n) is 4.21. The van der Waals surface area contributed by atoms with Crippen molar-refractivity contribution in [1.29, 1.82) is 0 Å². The van der Waals surface area contributed by atoms with Crippen molar-refractivity contribution in [1.82, 2.24) is 15.4 Å². The molecule has 0 unspecified atom stereocenters. The van der Waals surface area contributed by atoms with Crippen LogP contribution in [-0.4, -0.2) is 55.2 Å². The van der Waals surface area contributed by atoms with E-state index in [-0.39, 0.29) is 11.7 Å². The summed E-state index contributed by atoms with van der Waals surface area (Å²) in [5.41, 5.74) is 4.02. The molecule has 0 bridgehead atoms. The lowest BCUT2D eigenvalue weighted by atomic mass is 10.1. The minimum Gasteiger partial charge on any atom is -0.369 e. The van der Waals surface area contributed by atoms with Crippen LogP contribution in [0.25, 0.3) is 11.3 Å². The molecule has 1 aliphatic heterocycles. The van der Waals surface area contributed by atoms with Gasteiger partial charge in [0.05, 0.1) is 0 Å². The molecule has 7 heteroatoms. The minimum atomic E-state index is -0.191. The molecule has 6 nitrogen and oxygen atoms in total. The second-order valence-corrected chi connectivity index (χ2v) is 8.20. The zero-order valence-electron chi connectivity index (χ0n) is 18.6. The molecule has 1 aliphatic rings. The van der Waals surface area contributed by atoms with Gasteiger partial charge in [-0.15, -0.1) is 0 Å². The van der Waals surface area contributed by atoms with Gasteiger partial charge in [-0.25, -0.2) is 4.39 Å². The molecule has 4 rings (SSSR count). The van der Waals surface area contributed by atoms with E-state index in [1.165, 1.54) is 6.07 Å². The van der Waals surface area contributed by atoms with Crippen molar-refractivity contribution in [3.05, 3.63) is 71.2 Å². The van der Waals surface area contributed by atoms with E-state index >= 15 is 0 Å². The van der Waals surface area contributed by atoms with Gasteiger partial charge in [-0.05, 0) is 50.6 Å². The number of aryl methyl sites for hydroxylation is 2. The first-order chi connectivity index (χ1) is 15.5. The summed E-state index contributed by atoms with van der Waals surface area (Å²) in [6, 6.07) is 14.6. The predicted molar refractivity (Wildman–Crippen MR) is 123 cm³/mol. The Labute approximate surface area is 188 Å². The van der Waals surface area contributed by atoms with Gasteiger partial charge < -0.3 is 14.7 Å². The first-order valence-corrected chi connectivity index (χ1v) is 11.1. The lowest BCUT2D eigenvalue weighted by Gasteiger charge is -2.36. The number of halogens is 1. The van der Waals surface area contributed by atoms with E-state index in [0.717, 1.165) is 56.0 Å². The van der Waals surface area contributed by atoms with Crippen LogP contribution in [0.4, 0.5) is 10.1 Å². The van der Waals surface area contributed by atoms with E-state index in [0.29, 0.717) is 23.6 Å². The highest BCUT2D eigenvalue weighted by atomic mass is 19.1. The Bertz CT molecular complexity index is 1060. The lowest BCUT2D eigenvalue weighted by molar-refractivity contribution is 0.0950. The highest BCUT2D eigenvalue weighted by Crippen LogP contribution is 2.25. The molecule has 2 aromatic carbocycles. The first kappa shape index (κ1) is 22.0. The Kier molecular flexibility index (Phi) is 6.85. The number of benzene rings is 2. The number of carbonyl (C=O) groups excluding carboxylic acids is 1. The number of hydrogen-bond acceptors (Lipinski definition) is 5. The van der Waals surface area contributed by atoms with E-state index in [2.05, 4.69) is 20.3 Å². The molecule has 0 radical (unpaired) electrons. The molecule has 32 heavy (non-hydrogen) atoms. The van der Waals surface area contributed by atoms with Crippen molar-refractivity contribution in [2.75, 3.05) is 44.2 Å². The molecule has 168 valence electrons. The smallest absolute Gasteiger partial charge is 0.257 e. The van der Waals surface area contributed by atoms with Crippen molar-refractivity contribution in [2.45, 2.75) is 20.3 Å². The maximum atomic E-state index is 13.4. The summed E-state index contributed by atoms with van der Waals surface area (Å²) in [5.74, 6) is 0.178. The normalized spacial score (nSPS) is 14.5. The summed E-state index contributed by atoms with van der Waals surface area (Å²) in [6.07, 6.45) is 0.867. The fourth-order valence-corrected chi connectivity index (χ4v) is 4.21. The van der Waals surface area contributed by atoms with Crippen LogP contribution in [0.2, 0.25) is 0 Å². The molecular weight excluding hydrogens is 407 g/mol. The summed E-state index contributed by atoms with van der Waals surface area (Å²) in [4.78, 5) is 17.5. The molecule has 0 aliphatic carbocycles. The number of nitrogens with zero attached hydrogens (tertiary/aromatic N) is 3. The predicted octanol–water partition coefficient (Wildman–Crippen LogP) is 4.04. The highest BCUT2D eigenvalue weighted by Gasteiger charge is 2.22. The van der Waals surface area contributed by atoms with Crippen molar-refractivity contribution in [3.8, 4) is 11.3 Å². The molecule has 0 saturated carbocycles. The molecule has 1 saturated heterocycles. The summed E-state index contributed by atoms with van der Waals surface area (Å²) < 4.78 is 18.7. The Morgan fingerprint density at radius 1 is 1.09 bits per heavy atom. The highest BCUT2D eigenvalue weighted by molar-refractivity contribution is 6.00. The molecule has 1 N–H and O–H groups in total. The molecule has 1 amide bonds. The van der Waals surface area contributed by atoms with Crippen LogP contribution in [0.15, 0.2) is 53.1 Å². The topological polar surface area (TPSA) is 61.6 Å². The van der Waals surface area contributed by atoms with Gasteiger partial charge in [0, 0.05) is 44.0 Å². The third-order valence-electron chi connectivity index (χ3n) is 5.95. The molecule has 1 aromatic heterocycles. The minimum absolute atomic E-state index is 0.154. The maximum absolute atomic E-state index is 13.4. The Hall–Kier alpha value is -3.19. The van der Waals surface area contributed by atoms with Crippen molar-refractivity contribution >= 4 is 11.6 Å². The van der Waals surface area contributed by atoms with Crippen LogP contribution in [0.5, 0.6) is 0 Å². The van der Waals surface area contributed by atoms with Gasteiger partial charge in [0.25, 0.3) is 5.91 Å². The number of amides is 1. The number of nitrogens with one attached hydrogen (secondary N) is 1. The van der Waals surface area contributed by atoms with Crippen molar-refractivity contribution < 1.29 is 13.7 Å². The zero-order chi connectivity index (χ0) is 22.5. The number of rotatable bonds is 7. The monoisotopic (exact) mass is 436 g/mol. The first-order valence-electron chi connectivity index (χ1n) is 11.1. The van der Waals surface area contributed by atoms with Gasteiger partial charge in [0.1, 0.15) is 22.8 Å². The molecular formula is C25H29FN4O2. The largest absolute Gasteiger partial charge is 0.369 e. The second kappa shape index (κ2) is 9.96. The summed E-state index contributed by atoms with van der Waals surface area (Å²) in [5, 5.41) is 7.09. The van der Waals surface area contributed by atoms with Crippen LogP contribution < -0.4 is 10.2 Å². The van der Waals surface area contributed by atoms with E-state index in [1.807, 2.05) is 43.3 Å². The number of anilines is 1. The van der Waals surface area contributed by atoms with E-state index < -0.39 is 0 Å². The number of carbonyl (C=O) groups is 1. The van der Waals surface area contributed by atoms with Crippen LogP contribution in [0.3, 0.4) is 0 Å². The zero-order valence-corrected chi connectivity index (χ0v) is 18.6. The maximum Gasteiger partial charge on any atom is 0.257 e. The van der Waals surface area contributed by atoms with E-state index in [4.69, 9.17) is 4.52 Å². The summed E-state index contributed by atoms with van der Waals surface area (Å²) in [7, 11) is 0. The van der Waals surface area contributed by atoms with E-state index in [1.54, 1.807) is 13.0 Å². The standard InChI is InChI=1S/C25H29FN4O2/c1-18-17-21(26)9-10-22(18)30-15-13-29(14-16-30)12-6-11-27-25(31)23-19(2)32-28-24(23)20-7-4-3-5-8-20/h3-5,7-10,17H,6,11-16H2,1-2H3,(H,27,31). The average Bonchev–Trinajstić information content (AvgIpc) is 3.19. The van der Waals surface area contributed by atoms with Crippen LogP contribution in [-0.2, 0) is 0 Å². The van der Waals surface area contributed by atoms with Crippen molar-refractivity contribution in [3.63, 3.8) is 0 Å². The third kappa shape index (κ3) is 4.99. The summed E-state index contributed by atoms with van der Waals surface area (Å²) in [6.45, 7) is 8.96. The van der Waals surface area contributed by atoms with Gasteiger partial charge in [-0.3, -0.25) is 9.69 Å². The van der Waals surface area contributed by atoms with Crippen LogP contribution in [0, 0.1) is 19.7 Å². The molecule has 1 fully saturated rings. The van der Waals surface area contributed by atoms with Gasteiger partial charge in [0.15, 0.2) is 0 Å². The van der Waals surface area contributed by atoms with Gasteiger partial charge >= 0.3 is 0 Å². The number of piperazine rings is 1. The molecule has 0 spiro atoms. The van der Waals surface area contributed by atoms with Gasteiger partial charge in [-0.1, -0.05) is 35.5 Å². The van der Waals surface area contributed by atoms with E-state index in [9.17, 15) is 9.18 Å². The number of hydrogen-bond donors (Lipinski definition) is 1. The Morgan fingerprint density at radius 3 is 2.56 bits per heavy atom. The molecule has 2 heterocycles. The van der Waals surface area contributed by atoms with Crippen LogP contribution in [0.1, 0.15) is 28.1 Å². The van der Waals surface area contributed by atoms with Gasteiger partial charge in [-0.2, -0.15) is 0 Å². The van der Waals surface area contributed by atoms with Gasteiger partial charge in [0.2, 0.25) is 0 Å². The SMILES string of the molecule is Cc1cc(F)ccc1N1CCN(CCCNC(=O)c2c(-c3ccccc3)noc2C)CC1. The Balaban J connectivity index is 1.24. The molecule has 0 atom stereocenters. The molecule has 3 aromatic rings. The summed E-state index contributed by atoms with van der Waals surface area (Å²) >= 11 is 0. The average molecular weight is 437 g/mol. The Morgan fingerprint density at radius 2 is 1.84 bits per heavy atom. The number of aromatic nitrogens is 1.